The summed E-state index contributed by atoms with van der Waals surface area (Å²) in [4.78, 5) is 12.2. The van der Waals surface area contributed by atoms with E-state index in [2.05, 4.69) is 26.0 Å². The maximum Gasteiger partial charge on any atom is 0.129 e. The van der Waals surface area contributed by atoms with Crippen LogP contribution in [0, 0.1) is 0 Å². The van der Waals surface area contributed by atoms with Gasteiger partial charge >= 0.3 is 0 Å². The van der Waals surface area contributed by atoms with Gasteiger partial charge in [0.15, 0.2) is 0 Å². The van der Waals surface area contributed by atoms with Gasteiger partial charge in [0.1, 0.15) is 6.29 Å². The first-order chi connectivity index (χ1) is 6.95. The van der Waals surface area contributed by atoms with Crippen molar-refractivity contribution in [1.29, 1.82) is 0 Å². The molecule has 82 valence electrons. The third-order valence-corrected chi connectivity index (χ3v) is 3.24. The topological polar surface area (TPSA) is 17.1 Å². The smallest absolute Gasteiger partial charge is 0.129 e. The molecule has 0 fully saturated rings. The first-order valence-electron chi connectivity index (χ1n) is 5.19. The number of benzene rings is 1. The first-order valence-corrected chi connectivity index (χ1v) is 6.07. The van der Waals surface area contributed by atoms with Gasteiger partial charge < -0.3 is 4.79 Å². The molecule has 0 aliphatic heterocycles. The lowest BCUT2D eigenvalue weighted by atomic mass is 9.86. The van der Waals surface area contributed by atoms with Crippen LogP contribution in [-0.4, -0.2) is 11.5 Å². The number of rotatable bonds is 4. The lowest BCUT2D eigenvalue weighted by Crippen LogP contribution is -2.18. The van der Waals surface area contributed by atoms with Crippen LogP contribution in [-0.2, 0) is 10.2 Å². The maximum absolute atomic E-state index is 11.0. The summed E-state index contributed by atoms with van der Waals surface area (Å²) in [5.41, 5.74) is 0.705. The van der Waals surface area contributed by atoms with Gasteiger partial charge in [0.25, 0.3) is 0 Å². The van der Waals surface area contributed by atoms with Crippen LogP contribution in [0.2, 0.25) is 0 Å². The summed E-state index contributed by atoms with van der Waals surface area (Å²) >= 11 is 1.82. The normalized spacial score (nSPS) is 11.8. The van der Waals surface area contributed by atoms with E-state index in [-0.39, 0.29) is 5.41 Å². The van der Waals surface area contributed by atoms with Gasteiger partial charge in [0.05, 0.1) is 0 Å². The lowest BCUT2D eigenvalue weighted by molar-refractivity contribution is -0.111. The number of carbonyl (C=O) groups is 1. The third-order valence-electron chi connectivity index (χ3n) is 2.24. The van der Waals surface area contributed by atoms with E-state index in [1.807, 2.05) is 37.7 Å². The highest BCUT2D eigenvalue weighted by atomic mass is 32.2. The van der Waals surface area contributed by atoms with Crippen molar-refractivity contribution >= 4 is 18.0 Å². The monoisotopic (exact) mass is 222 g/mol. The van der Waals surface area contributed by atoms with Gasteiger partial charge in [0.2, 0.25) is 0 Å². The van der Waals surface area contributed by atoms with Crippen molar-refractivity contribution in [3.8, 4) is 0 Å². The molecule has 0 radical (unpaired) electrons. The average molecular weight is 222 g/mol. The highest BCUT2D eigenvalue weighted by Gasteiger charge is 2.19. The van der Waals surface area contributed by atoms with Gasteiger partial charge in [-0.25, -0.2) is 0 Å². The van der Waals surface area contributed by atoms with E-state index >= 15 is 0 Å². The molecule has 1 aromatic rings. The Kier molecular flexibility index (Phi) is 3.97. The Hall–Kier alpha value is -0.760. The van der Waals surface area contributed by atoms with Gasteiger partial charge in [-0.1, -0.05) is 26.0 Å². The fourth-order valence-corrected chi connectivity index (χ4v) is 2.21. The minimum absolute atomic E-state index is 0.381. The Balaban J connectivity index is 2.97. The molecule has 15 heavy (non-hydrogen) atoms. The molecule has 0 atom stereocenters. The molecule has 0 heterocycles. The fourth-order valence-electron chi connectivity index (χ4n) is 1.31. The van der Waals surface area contributed by atoms with E-state index in [1.165, 1.54) is 4.90 Å². The quantitative estimate of drug-likeness (QED) is 0.571. The van der Waals surface area contributed by atoms with Crippen molar-refractivity contribution in [2.24, 2.45) is 0 Å². The molecule has 0 aromatic heterocycles. The summed E-state index contributed by atoms with van der Waals surface area (Å²) in [6.07, 6.45) is 1.01. The molecule has 0 saturated heterocycles. The second kappa shape index (κ2) is 4.84. The molecule has 1 nitrogen and oxygen atoms in total. The van der Waals surface area contributed by atoms with Crippen LogP contribution in [0.5, 0.6) is 0 Å². The van der Waals surface area contributed by atoms with Crippen molar-refractivity contribution in [2.45, 2.75) is 43.3 Å². The Morgan fingerprint density at radius 2 is 2.00 bits per heavy atom. The third kappa shape index (κ3) is 3.38. The van der Waals surface area contributed by atoms with Crippen molar-refractivity contribution in [3.63, 3.8) is 0 Å². The zero-order chi connectivity index (χ0) is 11.5. The van der Waals surface area contributed by atoms with Crippen molar-refractivity contribution < 1.29 is 4.79 Å². The molecule has 0 spiro atoms. The van der Waals surface area contributed by atoms with Crippen LogP contribution in [0.4, 0.5) is 0 Å². The van der Waals surface area contributed by atoms with Crippen LogP contribution in [0.15, 0.2) is 29.2 Å². The molecule has 0 aliphatic carbocycles. The van der Waals surface area contributed by atoms with Crippen LogP contribution in [0.1, 0.15) is 33.3 Å². The second-order valence-corrected chi connectivity index (χ2v) is 6.18. The van der Waals surface area contributed by atoms with Crippen molar-refractivity contribution in [2.75, 3.05) is 0 Å². The number of carbonyl (C=O) groups excluding carboxylic acids is 1. The Morgan fingerprint density at radius 1 is 1.33 bits per heavy atom. The molecular formula is C13H18OS. The number of aldehydes is 1. The van der Waals surface area contributed by atoms with Gasteiger partial charge in [-0.3, -0.25) is 0 Å². The Bertz CT molecular complexity index is 342. The second-order valence-electron chi connectivity index (χ2n) is 4.53. The summed E-state index contributed by atoms with van der Waals surface area (Å²) < 4.78 is 0. The van der Waals surface area contributed by atoms with Crippen LogP contribution in [0.3, 0.4) is 0 Å². The SMILES string of the molecule is CC(C)Sc1cccc(C(C)(C)C=O)c1. The van der Waals surface area contributed by atoms with Crippen molar-refractivity contribution in [3.05, 3.63) is 29.8 Å². The first kappa shape index (κ1) is 12.3. The molecule has 0 saturated carbocycles. The summed E-state index contributed by atoms with van der Waals surface area (Å²) in [6.45, 7) is 8.22. The highest BCUT2D eigenvalue weighted by Crippen LogP contribution is 2.28. The highest BCUT2D eigenvalue weighted by molar-refractivity contribution is 7.99. The van der Waals surface area contributed by atoms with Crippen LogP contribution >= 0.6 is 11.8 Å². The number of hydrogen-bond acceptors (Lipinski definition) is 2. The van der Waals surface area contributed by atoms with E-state index < -0.39 is 0 Å². The van der Waals surface area contributed by atoms with Gasteiger partial charge in [-0.05, 0) is 31.5 Å². The van der Waals surface area contributed by atoms with Gasteiger partial charge in [-0.2, -0.15) is 0 Å². The minimum atomic E-state index is -0.381. The van der Waals surface area contributed by atoms with Crippen LogP contribution in [0.25, 0.3) is 0 Å². The molecule has 0 N–H and O–H groups in total. The minimum Gasteiger partial charge on any atom is -0.302 e. The summed E-state index contributed by atoms with van der Waals surface area (Å²) in [7, 11) is 0. The number of hydrogen-bond donors (Lipinski definition) is 0. The van der Waals surface area contributed by atoms with Gasteiger partial charge in [-0.15, -0.1) is 11.8 Å². The summed E-state index contributed by atoms with van der Waals surface area (Å²) in [6, 6.07) is 8.23. The Labute approximate surface area is 96.3 Å². The maximum atomic E-state index is 11.0. The average Bonchev–Trinajstić information content (AvgIpc) is 2.17. The predicted molar refractivity (Wildman–Crippen MR) is 66.5 cm³/mol. The standard InChI is InChI=1S/C13H18OS/c1-10(2)15-12-7-5-6-11(8-12)13(3,4)9-14/h5-10H,1-4H3. The molecular weight excluding hydrogens is 204 g/mol. The van der Waals surface area contributed by atoms with E-state index in [4.69, 9.17) is 0 Å². The molecule has 1 rings (SSSR count). The molecule has 0 bridgehead atoms. The van der Waals surface area contributed by atoms with E-state index in [0.29, 0.717) is 5.25 Å². The Morgan fingerprint density at radius 3 is 2.53 bits per heavy atom. The predicted octanol–water partition coefficient (Wildman–Crippen LogP) is 3.66. The zero-order valence-corrected chi connectivity index (χ0v) is 10.6. The van der Waals surface area contributed by atoms with Gasteiger partial charge in [0, 0.05) is 15.6 Å². The lowest BCUT2D eigenvalue weighted by Gasteiger charge is -2.18. The fraction of sp³-hybridized carbons (Fsp3) is 0.462. The molecule has 1 aromatic carbocycles. The van der Waals surface area contributed by atoms with E-state index in [0.717, 1.165) is 11.8 Å². The van der Waals surface area contributed by atoms with Crippen molar-refractivity contribution in [1.82, 2.24) is 0 Å². The molecule has 2 heteroatoms. The van der Waals surface area contributed by atoms with Crippen LogP contribution < -0.4 is 0 Å². The molecule has 0 aliphatic rings. The molecule has 0 unspecified atom stereocenters. The summed E-state index contributed by atoms with van der Waals surface area (Å²) in [5, 5.41) is 0.569. The zero-order valence-electron chi connectivity index (χ0n) is 9.78. The van der Waals surface area contributed by atoms with E-state index in [1.54, 1.807) is 0 Å². The van der Waals surface area contributed by atoms with E-state index in [9.17, 15) is 4.79 Å². The summed E-state index contributed by atoms with van der Waals surface area (Å²) in [5.74, 6) is 0. The largest absolute Gasteiger partial charge is 0.302 e. The molecule has 0 amide bonds. The number of thioether (sulfide) groups is 1.